The van der Waals surface area contributed by atoms with Gasteiger partial charge >= 0.3 is 0 Å². The highest BCUT2D eigenvalue weighted by atomic mass is 14.2. The van der Waals surface area contributed by atoms with Crippen molar-refractivity contribution < 1.29 is 0 Å². The summed E-state index contributed by atoms with van der Waals surface area (Å²) in [7, 11) is 0. The van der Waals surface area contributed by atoms with Crippen LogP contribution in [0, 0.1) is 18.3 Å². The van der Waals surface area contributed by atoms with Crippen molar-refractivity contribution in [1.82, 2.24) is 0 Å². The van der Waals surface area contributed by atoms with Gasteiger partial charge in [0.15, 0.2) is 0 Å². The molecule has 0 rings (SSSR count). The van der Waals surface area contributed by atoms with Crippen LogP contribution in [0.5, 0.6) is 0 Å². The topological polar surface area (TPSA) is 0 Å². The maximum Gasteiger partial charge on any atom is -0.0326 e. The largest absolute Gasteiger partial charge is 0.0654 e. The molecule has 0 N–H and O–H groups in total. The smallest absolute Gasteiger partial charge is 0.0326 e. The summed E-state index contributed by atoms with van der Waals surface area (Å²) in [4.78, 5) is 0. The standard InChI is InChI=1S/C23H47/c1-5-8-11-13-16-18-22(4)21-23(19-15-10-7-3)20-17-14-12-9-6-2/h21-23H,5-20H2,1-4H3. The van der Waals surface area contributed by atoms with Crippen molar-refractivity contribution in [2.75, 3.05) is 0 Å². The lowest BCUT2D eigenvalue weighted by Gasteiger charge is -2.21. The molecule has 139 valence electrons. The Morgan fingerprint density at radius 3 is 1.43 bits per heavy atom. The third-order valence-corrected chi connectivity index (χ3v) is 5.22. The third-order valence-electron chi connectivity index (χ3n) is 5.22. The lowest BCUT2D eigenvalue weighted by molar-refractivity contribution is 0.399. The molecule has 23 heavy (non-hydrogen) atoms. The van der Waals surface area contributed by atoms with Crippen molar-refractivity contribution in [2.45, 2.75) is 130 Å². The van der Waals surface area contributed by atoms with Gasteiger partial charge in [0.1, 0.15) is 0 Å². The van der Waals surface area contributed by atoms with E-state index in [1.165, 1.54) is 103 Å². The molecule has 0 nitrogen and oxygen atoms in total. The van der Waals surface area contributed by atoms with Crippen molar-refractivity contribution >= 4 is 0 Å². The second-order valence-corrected chi connectivity index (χ2v) is 7.83. The molecule has 0 aromatic rings. The zero-order valence-electron chi connectivity index (χ0n) is 17.0. The fourth-order valence-electron chi connectivity index (χ4n) is 3.63. The summed E-state index contributed by atoms with van der Waals surface area (Å²) in [5.74, 6) is 1.73. The lowest BCUT2D eigenvalue weighted by atomic mass is 9.85. The zero-order chi connectivity index (χ0) is 17.2. The fraction of sp³-hybridized carbons (Fsp3) is 0.957. The predicted molar refractivity (Wildman–Crippen MR) is 108 cm³/mol. The van der Waals surface area contributed by atoms with Crippen LogP contribution in [0.15, 0.2) is 0 Å². The molecule has 2 unspecified atom stereocenters. The van der Waals surface area contributed by atoms with Gasteiger partial charge in [-0.3, -0.25) is 0 Å². The first-order chi connectivity index (χ1) is 11.2. The molecule has 0 aliphatic rings. The maximum atomic E-state index is 2.73. The van der Waals surface area contributed by atoms with Gasteiger partial charge in [0.05, 0.1) is 0 Å². The second-order valence-electron chi connectivity index (χ2n) is 7.83. The second kappa shape index (κ2) is 18.3. The van der Waals surface area contributed by atoms with Gasteiger partial charge in [0.2, 0.25) is 0 Å². The minimum absolute atomic E-state index is 0.832. The molecule has 1 radical (unpaired) electrons. The Morgan fingerprint density at radius 2 is 0.913 bits per heavy atom. The predicted octanol–water partition coefficient (Wildman–Crippen LogP) is 8.74. The van der Waals surface area contributed by atoms with Crippen LogP contribution in [0.2, 0.25) is 0 Å². The quantitative estimate of drug-likeness (QED) is 0.221. The van der Waals surface area contributed by atoms with E-state index in [0.29, 0.717) is 0 Å². The first-order valence-electron chi connectivity index (χ1n) is 11.1. The molecule has 0 heteroatoms. The fourth-order valence-corrected chi connectivity index (χ4v) is 3.63. The van der Waals surface area contributed by atoms with Crippen LogP contribution >= 0.6 is 0 Å². The lowest BCUT2D eigenvalue weighted by Crippen LogP contribution is -2.08. The minimum Gasteiger partial charge on any atom is -0.0654 e. The van der Waals surface area contributed by atoms with Gasteiger partial charge in [-0.15, -0.1) is 0 Å². The van der Waals surface area contributed by atoms with Gasteiger partial charge in [-0.2, -0.15) is 0 Å². The Morgan fingerprint density at radius 1 is 0.522 bits per heavy atom. The summed E-state index contributed by atoms with van der Waals surface area (Å²) in [5.41, 5.74) is 0. The molecule has 0 aliphatic carbocycles. The van der Waals surface area contributed by atoms with Crippen LogP contribution in [0.1, 0.15) is 130 Å². The highest BCUT2D eigenvalue weighted by Gasteiger charge is 2.13. The summed E-state index contributed by atoms with van der Waals surface area (Å²) >= 11 is 0. The van der Waals surface area contributed by atoms with E-state index >= 15 is 0 Å². The molecule has 0 aromatic carbocycles. The number of rotatable bonds is 18. The summed E-state index contributed by atoms with van der Waals surface area (Å²) in [5, 5.41) is 0. The van der Waals surface area contributed by atoms with E-state index in [4.69, 9.17) is 0 Å². The van der Waals surface area contributed by atoms with Crippen LogP contribution < -0.4 is 0 Å². The molecule has 0 fully saturated rings. The molecule has 0 amide bonds. The Balaban J connectivity index is 3.87. The van der Waals surface area contributed by atoms with E-state index < -0.39 is 0 Å². The van der Waals surface area contributed by atoms with Crippen molar-refractivity contribution in [3.8, 4) is 0 Å². The van der Waals surface area contributed by atoms with Crippen molar-refractivity contribution in [2.24, 2.45) is 11.8 Å². The molecule has 0 saturated heterocycles. The monoisotopic (exact) mass is 323 g/mol. The molecule has 0 saturated carbocycles. The molecular weight excluding hydrogens is 276 g/mol. The number of hydrogen-bond donors (Lipinski definition) is 0. The van der Waals surface area contributed by atoms with E-state index in [2.05, 4.69) is 34.1 Å². The van der Waals surface area contributed by atoms with Gasteiger partial charge in [0, 0.05) is 0 Å². The first kappa shape index (κ1) is 23.0. The van der Waals surface area contributed by atoms with Crippen molar-refractivity contribution in [1.29, 1.82) is 0 Å². The Kier molecular flexibility index (Phi) is 18.3. The summed E-state index contributed by atoms with van der Waals surface area (Å²) in [6, 6.07) is 0. The van der Waals surface area contributed by atoms with Gasteiger partial charge in [0.25, 0.3) is 0 Å². The Labute approximate surface area is 149 Å². The molecule has 0 aliphatic heterocycles. The average molecular weight is 324 g/mol. The van der Waals surface area contributed by atoms with Gasteiger partial charge in [-0.1, -0.05) is 130 Å². The molecular formula is C23H47. The van der Waals surface area contributed by atoms with E-state index in [1.807, 2.05) is 0 Å². The van der Waals surface area contributed by atoms with E-state index in [1.54, 1.807) is 0 Å². The van der Waals surface area contributed by atoms with Crippen LogP contribution in [-0.4, -0.2) is 0 Å². The highest BCUT2D eigenvalue weighted by molar-refractivity contribution is 4.81. The zero-order valence-corrected chi connectivity index (χ0v) is 17.0. The molecule has 0 heterocycles. The molecule has 2 atom stereocenters. The third kappa shape index (κ3) is 16.6. The van der Waals surface area contributed by atoms with Gasteiger partial charge < -0.3 is 0 Å². The summed E-state index contributed by atoms with van der Waals surface area (Å²) < 4.78 is 0. The van der Waals surface area contributed by atoms with Crippen LogP contribution in [0.4, 0.5) is 0 Å². The minimum atomic E-state index is 0.832. The maximum absolute atomic E-state index is 2.73. The van der Waals surface area contributed by atoms with Crippen LogP contribution in [0.3, 0.4) is 0 Å². The van der Waals surface area contributed by atoms with Crippen LogP contribution in [-0.2, 0) is 0 Å². The average Bonchev–Trinajstić information content (AvgIpc) is 2.54. The summed E-state index contributed by atoms with van der Waals surface area (Å²) in [6.45, 7) is 9.40. The highest BCUT2D eigenvalue weighted by Crippen LogP contribution is 2.26. The number of hydrogen-bond acceptors (Lipinski definition) is 0. The Bertz CT molecular complexity index is 208. The molecule has 0 aromatic heterocycles. The SMILES string of the molecule is CCCCCCCC(C)[CH]C(CCCCC)CCCCCCC. The van der Waals surface area contributed by atoms with Gasteiger partial charge in [-0.05, 0) is 18.3 Å². The number of unbranched alkanes of at least 4 members (excludes halogenated alkanes) is 10. The van der Waals surface area contributed by atoms with E-state index in [9.17, 15) is 0 Å². The molecule has 0 spiro atoms. The normalized spacial score (nSPS) is 14.1. The Hall–Kier alpha value is 0. The van der Waals surface area contributed by atoms with E-state index in [-0.39, 0.29) is 0 Å². The first-order valence-corrected chi connectivity index (χ1v) is 11.1. The van der Waals surface area contributed by atoms with Crippen molar-refractivity contribution in [3.05, 3.63) is 6.42 Å². The van der Waals surface area contributed by atoms with E-state index in [0.717, 1.165) is 11.8 Å². The van der Waals surface area contributed by atoms with Crippen molar-refractivity contribution in [3.63, 3.8) is 0 Å². The van der Waals surface area contributed by atoms with Gasteiger partial charge in [-0.25, -0.2) is 0 Å². The van der Waals surface area contributed by atoms with Crippen LogP contribution in [0.25, 0.3) is 0 Å². The molecule has 0 bridgehead atoms. The summed E-state index contributed by atoms with van der Waals surface area (Å²) in [6.07, 6.45) is 25.5.